The standard InChI is InChI=1S/C24H26N4O/c29-24(25-20-10-11-20)19-6-4-17(5-7-19)22-16-23(27-26-22)18-8-12-21(13-9-18)28-14-2-1-3-15-28/h4-9,12-13,16,20H,1-3,10-11,14-15H2,(H,25,29)(H,26,27). The summed E-state index contributed by atoms with van der Waals surface area (Å²) in [7, 11) is 0. The number of carbonyl (C=O) groups is 1. The SMILES string of the molecule is O=C(NC1CC1)c1ccc(-c2cc(-c3ccc(N4CCCCC4)cc3)n[nH]2)cc1. The zero-order chi connectivity index (χ0) is 19.6. The second-order valence-electron chi connectivity index (χ2n) is 8.09. The lowest BCUT2D eigenvalue weighted by atomic mass is 10.1. The molecule has 0 atom stereocenters. The summed E-state index contributed by atoms with van der Waals surface area (Å²) in [6.07, 6.45) is 6.10. The Morgan fingerprint density at radius 3 is 2.31 bits per heavy atom. The summed E-state index contributed by atoms with van der Waals surface area (Å²) >= 11 is 0. The van der Waals surface area contributed by atoms with Crippen molar-refractivity contribution >= 4 is 11.6 Å². The first-order valence-corrected chi connectivity index (χ1v) is 10.6. The molecule has 1 saturated carbocycles. The van der Waals surface area contributed by atoms with E-state index in [2.05, 4.69) is 50.7 Å². The molecule has 0 unspecified atom stereocenters. The van der Waals surface area contributed by atoms with E-state index < -0.39 is 0 Å². The lowest BCUT2D eigenvalue weighted by molar-refractivity contribution is 0.0951. The number of aromatic amines is 1. The number of H-pyrrole nitrogens is 1. The minimum Gasteiger partial charge on any atom is -0.372 e. The van der Waals surface area contributed by atoms with Crippen molar-refractivity contribution in [3.8, 4) is 22.5 Å². The Balaban J connectivity index is 1.29. The van der Waals surface area contributed by atoms with E-state index in [0.717, 1.165) is 48.4 Å². The van der Waals surface area contributed by atoms with E-state index in [0.29, 0.717) is 11.6 Å². The van der Waals surface area contributed by atoms with Crippen molar-refractivity contribution in [1.29, 1.82) is 0 Å². The van der Waals surface area contributed by atoms with Crippen LogP contribution in [-0.2, 0) is 0 Å². The largest absolute Gasteiger partial charge is 0.372 e. The molecule has 1 amide bonds. The molecule has 2 aliphatic rings. The van der Waals surface area contributed by atoms with Crippen LogP contribution in [-0.4, -0.2) is 35.2 Å². The van der Waals surface area contributed by atoms with Crippen LogP contribution < -0.4 is 10.2 Å². The van der Waals surface area contributed by atoms with Crippen molar-refractivity contribution in [2.24, 2.45) is 0 Å². The summed E-state index contributed by atoms with van der Waals surface area (Å²) in [5, 5.41) is 10.6. The van der Waals surface area contributed by atoms with E-state index in [4.69, 9.17) is 0 Å². The fourth-order valence-electron chi connectivity index (χ4n) is 3.91. The first-order valence-electron chi connectivity index (χ1n) is 10.6. The Kier molecular flexibility index (Phi) is 4.80. The van der Waals surface area contributed by atoms with E-state index >= 15 is 0 Å². The van der Waals surface area contributed by atoms with E-state index in [9.17, 15) is 4.79 Å². The monoisotopic (exact) mass is 386 g/mol. The maximum Gasteiger partial charge on any atom is 0.251 e. The van der Waals surface area contributed by atoms with Crippen molar-refractivity contribution in [3.63, 3.8) is 0 Å². The van der Waals surface area contributed by atoms with E-state index in [1.165, 1.54) is 24.9 Å². The average Bonchev–Trinajstić information content (AvgIpc) is 3.46. The summed E-state index contributed by atoms with van der Waals surface area (Å²) in [5.41, 5.74) is 6.01. The summed E-state index contributed by atoms with van der Waals surface area (Å²) in [6, 6.07) is 18.8. The van der Waals surface area contributed by atoms with Gasteiger partial charge in [0.1, 0.15) is 0 Å². The van der Waals surface area contributed by atoms with Crippen LogP contribution in [0.15, 0.2) is 54.6 Å². The third-order valence-corrected chi connectivity index (χ3v) is 5.83. The maximum atomic E-state index is 12.1. The van der Waals surface area contributed by atoms with Crippen molar-refractivity contribution in [2.45, 2.75) is 38.1 Å². The predicted molar refractivity (Wildman–Crippen MR) is 116 cm³/mol. The second kappa shape index (κ2) is 7.74. The van der Waals surface area contributed by atoms with Gasteiger partial charge in [0.2, 0.25) is 0 Å². The van der Waals surface area contributed by atoms with Gasteiger partial charge in [-0.2, -0.15) is 5.10 Å². The van der Waals surface area contributed by atoms with Crippen LogP contribution in [0.4, 0.5) is 5.69 Å². The van der Waals surface area contributed by atoms with E-state index in [1.807, 2.05) is 24.3 Å². The first kappa shape index (κ1) is 18.0. The highest BCUT2D eigenvalue weighted by atomic mass is 16.1. The third-order valence-electron chi connectivity index (χ3n) is 5.83. The molecule has 3 aromatic rings. The normalized spacial score (nSPS) is 16.6. The van der Waals surface area contributed by atoms with Crippen molar-refractivity contribution < 1.29 is 4.79 Å². The van der Waals surface area contributed by atoms with Crippen molar-refractivity contribution in [1.82, 2.24) is 15.5 Å². The molecule has 148 valence electrons. The average molecular weight is 386 g/mol. The third kappa shape index (κ3) is 4.04. The molecule has 2 heterocycles. The van der Waals surface area contributed by atoms with Gasteiger partial charge in [-0.15, -0.1) is 0 Å². The number of carbonyl (C=O) groups excluding carboxylic acids is 1. The Labute approximate surface area is 171 Å². The quantitative estimate of drug-likeness (QED) is 0.672. The highest BCUT2D eigenvalue weighted by Gasteiger charge is 2.23. The van der Waals surface area contributed by atoms with Crippen LogP contribution in [0, 0.1) is 0 Å². The molecule has 5 rings (SSSR count). The molecule has 2 aromatic carbocycles. The number of aromatic nitrogens is 2. The van der Waals surface area contributed by atoms with Crippen LogP contribution in [0.1, 0.15) is 42.5 Å². The van der Waals surface area contributed by atoms with Crippen LogP contribution in [0.3, 0.4) is 0 Å². The Bertz CT molecular complexity index is 980. The number of hydrogen-bond donors (Lipinski definition) is 2. The van der Waals surface area contributed by atoms with Gasteiger partial charge in [0.25, 0.3) is 5.91 Å². The summed E-state index contributed by atoms with van der Waals surface area (Å²) in [6.45, 7) is 2.31. The van der Waals surface area contributed by atoms with Gasteiger partial charge in [0.15, 0.2) is 0 Å². The molecule has 2 N–H and O–H groups in total. The van der Waals surface area contributed by atoms with Gasteiger partial charge in [-0.3, -0.25) is 9.89 Å². The summed E-state index contributed by atoms with van der Waals surface area (Å²) in [4.78, 5) is 14.6. The molecule has 0 radical (unpaired) electrons. The number of nitrogens with zero attached hydrogens (tertiary/aromatic N) is 2. The Morgan fingerprint density at radius 2 is 1.62 bits per heavy atom. The summed E-state index contributed by atoms with van der Waals surface area (Å²) in [5.74, 6) is 0.0122. The van der Waals surface area contributed by atoms with Gasteiger partial charge in [-0.05, 0) is 68.0 Å². The number of rotatable bonds is 5. The number of hydrogen-bond acceptors (Lipinski definition) is 3. The fraction of sp³-hybridized carbons (Fsp3) is 0.333. The predicted octanol–water partition coefficient (Wildman–Crippen LogP) is 4.63. The van der Waals surface area contributed by atoms with Gasteiger partial charge >= 0.3 is 0 Å². The molecule has 1 aliphatic carbocycles. The zero-order valence-electron chi connectivity index (χ0n) is 16.5. The van der Waals surface area contributed by atoms with E-state index in [1.54, 1.807) is 0 Å². The first-order chi connectivity index (χ1) is 14.3. The van der Waals surface area contributed by atoms with Crippen LogP contribution in [0.5, 0.6) is 0 Å². The van der Waals surface area contributed by atoms with Crippen LogP contribution in [0.25, 0.3) is 22.5 Å². The second-order valence-corrected chi connectivity index (χ2v) is 8.09. The smallest absolute Gasteiger partial charge is 0.251 e. The molecule has 1 aliphatic heterocycles. The van der Waals surface area contributed by atoms with Crippen molar-refractivity contribution in [2.75, 3.05) is 18.0 Å². The van der Waals surface area contributed by atoms with Gasteiger partial charge in [-0.25, -0.2) is 0 Å². The van der Waals surface area contributed by atoms with Gasteiger partial charge in [0.05, 0.1) is 11.4 Å². The molecule has 1 aromatic heterocycles. The minimum atomic E-state index is 0.0122. The molecule has 29 heavy (non-hydrogen) atoms. The van der Waals surface area contributed by atoms with Gasteiger partial charge in [0, 0.05) is 35.9 Å². The maximum absolute atomic E-state index is 12.1. The number of amides is 1. The van der Waals surface area contributed by atoms with Gasteiger partial charge < -0.3 is 10.2 Å². The highest BCUT2D eigenvalue weighted by Crippen LogP contribution is 2.27. The van der Waals surface area contributed by atoms with E-state index in [-0.39, 0.29) is 5.91 Å². The molecule has 2 fully saturated rings. The molecular weight excluding hydrogens is 360 g/mol. The number of benzene rings is 2. The highest BCUT2D eigenvalue weighted by molar-refractivity contribution is 5.95. The number of nitrogens with one attached hydrogen (secondary N) is 2. The lowest BCUT2D eigenvalue weighted by Crippen LogP contribution is -2.29. The number of piperidine rings is 1. The number of anilines is 1. The molecule has 5 heteroatoms. The van der Waals surface area contributed by atoms with Crippen LogP contribution in [0.2, 0.25) is 0 Å². The van der Waals surface area contributed by atoms with Crippen LogP contribution >= 0.6 is 0 Å². The Morgan fingerprint density at radius 1 is 0.931 bits per heavy atom. The molecule has 1 saturated heterocycles. The molecule has 0 bridgehead atoms. The Hall–Kier alpha value is -3.08. The van der Waals surface area contributed by atoms with Crippen molar-refractivity contribution in [3.05, 3.63) is 60.2 Å². The molecular formula is C24H26N4O. The minimum absolute atomic E-state index is 0.0122. The fourth-order valence-corrected chi connectivity index (χ4v) is 3.91. The molecule has 5 nitrogen and oxygen atoms in total. The molecule has 0 spiro atoms. The van der Waals surface area contributed by atoms with Gasteiger partial charge in [-0.1, -0.05) is 24.3 Å². The topological polar surface area (TPSA) is 61.0 Å². The lowest BCUT2D eigenvalue weighted by Gasteiger charge is -2.28. The zero-order valence-corrected chi connectivity index (χ0v) is 16.5. The summed E-state index contributed by atoms with van der Waals surface area (Å²) < 4.78 is 0.